The zero-order valence-corrected chi connectivity index (χ0v) is 19.4. The number of hydrogen-bond acceptors (Lipinski definition) is 6. The summed E-state index contributed by atoms with van der Waals surface area (Å²) in [6.45, 7) is 7.21. The number of thiazole rings is 1. The number of aromatic nitrogens is 2. The predicted molar refractivity (Wildman–Crippen MR) is 129 cm³/mol. The molecule has 1 N–H and O–H groups in total. The van der Waals surface area contributed by atoms with Gasteiger partial charge in [0.15, 0.2) is 5.13 Å². The van der Waals surface area contributed by atoms with Gasteiger partial charge in [0.25, 0.3) is 0 Å². The van der Waals surface area contributed by atoms with Gasteiger partial charge in [-0.25, -0.2) is 9.97 Å². The number of hydrogen-bond donors (Lipinski definition) is 1. The topological polar surface area (TPSA) is 78.4 Å². The minimum atomic E-state index is -0.130. The van der Waals surface area contributed by atoms with Crippen LogP contribution in [0.4, 0.5) is 10.8 Å². The number of nitrogens with zero attached hydrogens (tertiary/aromatic N) is 4. The van der Waals surface area contributed by atoms with Gasteiger partial charge in [0.05, 0.1) is 0 Å². The largest absolute Gasteiger partial charge is 0.346 e. The average molecular weight is 452 g/mol. The van der Waals surface area contributed by atoms with Crippen LogP contribution in [0.25, 0.3) is 10.3 Å². The highest BCUT2D eigenvalue weighted by atomic mass is 32.1. The van der Waals surface area contributed by atoms with Gasteiger partial charge in [-0.3, -0.25) is 9.59 Å². The zero-order chi connectivity index (χ0) is 22.5. The van der Waals surface area contributed by atoms with Gasteiger partial charge in [0.2, 0.25) is 11.8 Å². The van der Waals surface area contributed by atoms with Crippen molar-refractivity contribution in [3.8, 4) is 0 Å². The minimum absolute atomic E-state index is 0.0307. The summed E-state index contributed by atoms with van der Waals surface area (Å²) >= 11 is 1.59. The van der Waals surface area contributed by atoms with Gasteiger partial charge in [-0.1, -0.05) is 37.3 Å². The number of fused-ring (bicyclic) bond motifs is 1. The van der Waals surface area contributed by atoms with Crippen molar-refractivity contribution < 1.29 is 9.59 Å². The number of anilines is 2. The molecule has 0 aliphatic carbocycles. The second kappa shape index (κ2) is 10.1. The van der Waals surface area contributed by atoms with E-state index < -0.39 is 0 Å². The fraction of sp³-hybridized carbons (Fsp3) is 0.417. The van der Waals surface area contributed by atoms with Crippen molar-refractivity contribution in [3.63, 3.8) is 0 Å². The Hall–Kier alpha value is -3.00. The van der Waals surface area contributed by atoms with Crippen molar-refractivity contribution in [1.82, 2.24) is 14.9 Å². The maximum Gasteiger partial charge on any atom is 0.224 e. The van der Waals surface area contributed by atoms with Gasteiger partial charge in [-0.05, 0) is 42.2 Å². The van der Waals surface area contributed by atoms with Crippen LogP contribution in [0.1, 0.15) is 44.6 Å². The van der Waals surface area contributed by atoms with E-state index in [1.54, 1.807) is 17.5 Å². The van der Waals surface area contributed by atoms with Crippen molar-refractivity contribution in [1.29, 1.82) is 0 Å². The van der Waals surface area contributed by atoms with Crippen molar-refractivity contribution in [2.45, 2.75) is 39.0 Å². The SMILES string of the molecule is CC(C)c1ccc(NC(=O)CCC(=O)N2CCCN(c3nc4cccnc4s3)CC2)cc1. The molecule has 2 aromatic heterocycles. The van der Waals surface area contributed by atoms with Crippen LogP contribution in [0.5, 0.6) is 0 Å². The molecule has 7 nitrogen and oxygen atoms in total. The molecular weight excluding hydrogens is 422 g/mol. The summed E-state index contributed by atoms with van der Waals surface area (Å²) in [4.78, 5) is 39.1. The van der Waals surface area contributed by atoms with E-state index in [9.17, 15) is 9.59 Å². The first-order valence-corrected chi connectivity index (χ1v) is 12.0. The van der Waals surface area contributed by atoms with Crippen molar-refractivity contribution in [2.24, 2.45) is 0 Å². The average Bonchev–Trinajstić information content (AvgIpc) is 3.07. The van der Waals surface area contributed by atoms with Crippen LogP contribution >= 0.6 is 11.3 Å². The van der Waals surface area contributed by atoms with Crippen LogP contribution in [0, 0.1) is 0 Å². The molecule has 4 rings (SSSR count). The molecule has 1 aliphatic heterocycles. The van der Waals surface area contributed by atoms with Crippen LogP contribution in [0.15, 0.2) is 42.6 Å². The van der Waals surface area contributed by atoms with E-state index in [2.05, 4.69) is 34.0 Å². The first-order valence-electron chi connectivity index (χ1n) is 11.1. The Balaban J connectivity index is 1.26. The maximum absolute atomic E-state index is 12.7. The highest BCUT2D eigenvalue weighted by Crippen LogP contribution is 2.27. The summed E-state index contributed by atoms with van der Waals surface area (Å²) in [7, 11) is 0. The Labute approximate surface area is 192 Å². The highest BCUT2D eigenvalue weighted by Gasteiger charge is 2.21. The number of rotatable bonds is 6. The van der Waals surface area contributed by atoms with Crippen molar-refractivity contribution in [2.75, 3.05) is 36.4 Å². The monoisotopic (exact) mass is 451 g/mol. The van der Waals surface area contributed by atoms with Crippen LogP contribution in [0.3, 0.4) is 0 Å². The summed E-state index contributed by atoms with van der Waals surface area (Å²) in [6.07, 6.45) is 3.07. The predicted octanol–water partition coefficient (Wildman–Crippen LogP) is 4.27. The Morgan fingerprint density at radius 1 is 1.06 bits per heavy atom. The van der Waals surface area contributed by atoms with Gasteiger partial charge in [0.1, 0.15) is 10.3 Å². The first kappa shape index (κ1) is 22.2. The Morgan fingerprint density at radius 2 is 1.88 bits per heavy atom. The third-order valence-electron chi connectivity index (χ3n) is 5.70. The van der Waals surface area contributed by atoms with Gasteiger partial charge >= 0.3 is 0 Å². The fourth-order valence-corrected chi connectivity index (χ4v) is 4.77. The van der Waals surface area contributed by atoms with Crippen LogP contribution in [-0.4, -0.2) is 52.9 Å². The van der Waals surface area contributed by atoms with Gasteiger partial charge in [-0.15, -0.1) is 0 Å². The lowest BCUT2D eigenvalue weighted by Gasteiger charge is -2.21. The number of pyridine rings is 1. The molecule has 1 saturated heterocycles. The van der Waals surface area contributed by atoms with E-state index in [-0.39, 0.29) is 24.7 Å². The third-order valence-corrected chi connectivity index (χ3v) is 6.74. The summed E-state index contributed by atoms with van der Waals surface area (Å²) < 4.78 is 0. The molecule has 2 amide bonds. The van der Waals surface area contributed by atoms with Crippen molar-refractivity contribution in [3.05, 3.63) is 48.2 Å². The number of nitrogens with one attached hydrogen (secondary N) is 1. The van der Waals surface area contributed by atoms with Crippen molar-refractivity contribution >= 4 is 44.3 Å². The number of carbonyl (C=O) groups excluding carboxylic acids is 2. The van der Waals surface area contributed by atoms with Gasteiger partial charge in [0, 0.05) is 50.9 Å². The van der Waals surface area contributed by atoms with E-state index in [4.69, 9.17) is 0 Å². The number of amides is 2. The minimum Gasteiger partial charge on any atom is -0.346 e. The molecule has 0 atom stereocenters. The molecule has 3 aromatic rings. The Kier molecular flexibility index (Phi) is 6.99. The van der Waals surface area contributed by atoms with Crippen LogP contribution in [-0.2, 0) is 9.59 Å². The Morgan fingerprint density at radius 3 is 2.62 bits per heavy atom. The molecule has 0 spiro atoms. The van der Waals surface area contributed by atoms with E-state index in [0.29, 0.717) is 19.0 Å². The van der Waals surface area contributed by atoms with Crippen LogP contribution in [0.2, 0.25) is 0 Å². The second-order valence-electron chi connectivity index (χ2n) is 8.37. The smallest absolute Gasteiger partial charge is 0.224 e. The molecule has 0 unspecified atom stereocenters. The summed E-state index contributed by atoms with van der Waals surface area (Å²) in [6, 6.07) is 11.7. The van der Waals surface area contributed by atoms with Gasteiger partial charge < -0.3 is 15.1 Å². The molecule has 0 saturated carbocycles. The standard InChI is InChI=1S/C24H29N5O2S/c1-17(2)18-6-8-19(9-7-18)26-21(30)10-11-22(31)28-13-4-14-29(16-15-28)24-27-20-5-3-12-25-23(20)32-24/h3,5-9,12,17H,4,10-11,13-16H2,1-2H3,(H,26,30). The third kappa shape index (κ3) is 5.43. The highest BCUT2D eigenvalue weighted by molar-refractivity contribution is 7.21. The number of benzene rings is 1. The quantitative estimate of drug-likeness (QED) is 0.605. The lowest BCUT2D eigenvalue weighted by molar-refractivity contribution is -0.132. The molecule has 0 radical (unpaired) electrons. The second-order valence-corrected chi connectivity index (χ2v) is 9.33. The van der Waals surface area contributed by atoms with Gasteiger partial charge in [-0.2, -0.15) is 0 Å². The van der Waals surface area contributed by atoms with E-state index >= 15 is 0 Å². The van der Waals surface area contributed by atoms with E-state index in [1.165, 1.54) is 5.56 Å². The normalized spacial score (nSPS) is 14.6. The lowest BCUT2D eigenvalue weighted by Crippen LogP contribution is -2.35. The zero-order valence-electron chi connectivity index (χ0n) is 18.6. The molecule has 1 fully saturated rings. The molecular formula is C24H29N5O2S. The van der Waals surface area contributed by atoms with E-state index in [0.717, 1.165) is 40.7 Å². The molecule has 168 valence electrons. The molecule has 1 aromatic carbocycles. The maximum atomic E-state index is 12.7. The summed E-state index contributed by atoms with van der Waals surface area (Å²) in [5.74, 6) is 0.352. The lowest BCUT2D eigenvalue weighted by atomic mass is 10.0. The fourth-order valence-electron chi connectivity index (χ4n) is 3.81. The molecule has 0 bridgehead atoms. The molecule has 32 heavy (non-hydrogen) atoms. The molecule has 3 heterocycles. The Bertz CT molecular complexity index is 1050. The molecule has 8 heteroatoms. The number of carbonyl (C=O) groups is 2. The van der Waals surface area contributed by atoms with Crippen LogP contribution < -0.4 is 10.2 Å². The molecule has 1 aliphatic rings. The summed E-state index contributed by atoms with van der Waals surface area (Å²) in [5.41, 5.74) is 2.91. The first-order chi connectivity index (χ1) is 15.5. The van der Waals surface area contributed by atoms with E-state index in [1.807, 2.05) is 41.3 Å². The summed E-state index contributed by atoms with van der Waals surface area (Å²) in [5, 5.41) is 3.84.